The third-order valence-electron chi connectivity index (χ3n) is 0.820. The lowest BCUT2D eigenvalue weighted by molar-refractivity contribution is -0.00611. The molecule has 0 N–H and O–H groups in total. The lowest BCUT2D eigenvalue weighted by Crippen LogP contribution is -2.25. The molecule has 0 rings (SSSR count). The Morgan fingerprint density at radius 1 is 1.50 bits per heavy atom. The lowest BCUT2D eigenvalue weighted by atomic mass is 10.2. The molecule has 0 heterocycles. The van der Waals surface area contributed by atoms with Crippen LogP contribution in [0.1, 0.15) is 27.7 Å². The SMILES string of the molecule is CC(I)COC(=O)OC(C)(C)C. The summed E-state index contributed by atoms with van der Waals surface area (Å²) in [4.78, 5) is 10.9. The number of hydrogen-bond donors (Lipinski definition) is 0. The van der Waals surface area contributed by atoms with E-state index in [2.05, 4.69) is 22.6 Å². The maximum Gasteiger partial charge on any atom is 0.508 e. The monoisotopic (exact) mass is 286 g/mol. The van der Waals surface area contributed by atoms with Crippen LogP contribution in [0.25, 0.3) is 0 Å². The van der Waals surface area contributed by atoms with Gasteiger partial charge in [-0.1, -0.05) is 29.5 Å². The fraction of sp³-hybridized carbons (Fsp3) is 0.875. The molecule has 1 unspecified atom stereocenters. The summed E-state index contributed by atoms with van der Waals surface area (Å²) >= 11 is 2.18. The highest BCUT2D eigenvalue weighted by atomic mass is 127. The minimum absolute atomic E-state index is 0.315. The summed E-state index contributed by atoms with van der Waals surface area (Å²) in [6.07, 6.45) is -0.592. The first kappa shape index (κ1) is 12.0. The third-order valence-corrected chi connectivity index (χ3v) is 1.18. The van der Waals surface area contributed by atoms with Crippen molar-refractivity contribution in [2.45, 2.75) is 37.2 Å². The summed E-state index contributed by atoms with van der Waals surface area (Å²) in [5.41, 5.74) is -0.467. The van der Waals surface area contributed by atoms with Gasteiger partial charge < -0.3 is 9.47 Å². The van der Waals surface area contributed by atoms with E-state index in [1.165, 1.54) is 0 Å². The van der Waals surface area contributed by atoms with Crippen LogP contribution in [0, 0.1) is 0 Å². The second kappa shape index (κ2) is 4.89. The Morgan fingerprint density at radius 2 is 2.00 bits per heavy atom. The Hall–Kier alpha value is 0. The Labute approximate surface area is 86.9 Å². The summed E-state index contributed by atoms with van der Waals surface area (Å²) in [7, 11) is 0. The molecule has 0 aromatic carbocycles. The molecule has 0 amide bonds. The fourth-order valence-corrected chi connectivity index (χ4v) is 0.642. The molecule has 3 nitrogen and oxygen atoms in total. The molecule has 4 heteroatoms. The maximum absolute atomic E-state index is 10.9. The summed E-state index contributed by atoms with van der Waals surface area (Å²) in [6, 6.07) is 0. The molecular weight excluding hydrogens is 271 g/mol. The van der Waals surface area contributed by atoms with Gasteiger partial charge in [-0.3, -0.25) is 0 Å². The zero-order valence-corrected chi connectivity index (χ0v) is 10.0. The molecule has 0 aromatic rings. The van der Waals surface area contributed by atoms with Crippen molar-refractivity contribution in [3.8, 4) is 0 Å². The van der Waals surface area contributed by atoms with Gasteiger partial charge in [0.1, 0.15) is 12.2 Å². The van der Waals surface area contributed by atoms with E-state index in [1.54, 1.807) is 0 Å². The molecule has 1 atom stereocenters. The number of alkyl halides is 1. The summed E-state index contributed by atoms with van der Waals surface area (Å²) in [5.74, 6) is 0. The van der Waals surface area contributed by atoms with Crippen LogP contribution in [0.4, 0.5) is 4.79 Å². The largest absolute Gasteiger partial charge is 0.508 e. The molecule has 0 fully saturated rings. The summed E-state index contributed by atoms with van der Waals surface area (Å²) < 4.78 is 10.0. The van der Waals surface area contributed by atoms with Gasteiger partial charge >= 0.3 is 6.16 Å². The van der Waals surface area contributed by atoms with Gasteiger partial charge in [0, 0.05) is 3.92 Å². The molecule has 0 aliphatic rings. The molecule has 0 aliphatic heterocycles. The van der Waals surface area contributed by atoms with Gasteiger partial charge in [-0.25, -0.2) is 4.79 Å². The lowest BCUT2D eigenvalue weighted by Gasteiger charge is -2.19. The first-order valence-corrected chi connectivity index (χ1v) is 5.05. The predicted molar refractivity (Wildman–Crippen MR) is 55.7 cm³/mol. The van der Waals surface area contributed by atoms with Crippen LogP contribution in [-0.2, 0) is 9.47 Å². The van der Waals surface area contributed by atoms with E-state index in [0.29, 0.717) is 10.5 Å². The van der Waals surface area contributed by atoms with Crippen LogP contribution in [0.5, 0.6) is 0 Å². The minimum Gasteiger partial charge on any atom is -0.433 e. The van der Waals surface area contributed by atoms with E-state index in [1.807, 2.05) is 27.7 Å². The van der Waals surface area contributed by atoms with E-state index in [9.17, 15) is 4.79 Å². The molecule has 0 spiro atoms. The molecule has 0 aromatic heterocycles. The van der Waals surface area contributed by atoms with Crippen molar-refractivity contribution in [1.82, 2.24) is 0 Å². The number of carbonyl (C=O) groups is 1. The minimum atomic E-state index is -0.592. The number of carbonyl (C=O) groups excluding carboxylic acids is 1. The molecule has 72 valence electrons. The standard InChI is InChI=1S/C8H15IO3/c1-6(9)5-11-7(10)12-8(2,3)4/h6H,5H2,1-4H3. The van der Waals surface area contributed by atoms with E-state index in [0.717, 1.165) is 0 Å². The van der Waals surface area contributed by atoms with Gasteiger partial charge in [-0.05, 0) is 20.8 Å². The van der Waals surface area contributed by atoms with Crippen LogP contribution in [-0.4, -0.2) is 22.3 Å². The molecular formula is C8H15IO3. The Balaban J connectivity index is 3.61. The van der Waals surface area contributed by atoms with E-state index in [-0.39, 0.29) is 0 Å². The molecule has 0 saturated heterocycles. The van der Waals surface area contributed by atoms with Crippen LogP contribution in [0.2, 0.25) is 0 Å². The van der Waals surface area contributed by atoms with Gasteiger partial charge in [0.15, 0.2) is 0 Å². The van der Waals surface area contributed by atoms with E-state index in [4.69, 9.17) is 9.47 Å². The smallest absolute Gasteiger partial charge is 0.433 e. The Morgan fingerprint density at radius 3 is 2.33 bits per heavy atom. The van der Waals surface area contributed by atoms with Gasteiger partial charge in [-0.15, -0.1) is 0 Å². The highest BCUT2D eigenvalue weighted by Gasteiger charge is 2.17. The van der Waals surface area contributed by atoms with Gasteiger partial charge in [-0.2, -0.15) is 0 Å². The van der Waals surface area contributed by atoms with Crippen molar-refractivity contribution in [1.29, 1.82) is 0 Å². The van der Waals surface area contributed by atoms with Gasteiger partial charge in [0.25, 0.3) is 0 Å². The van der Waals surface area contributed by atoms with E-state index >= 15 is 0 Å². The van der Waals surface area contributed by atoms with Gasteiger partial charge in [0.05, 0.1) is 0 Å². The van der Waals surface area contributed by atoms with Crippen molar-refractivity contribution in [3.63, 3.8) is 0 Å². The number of hydrogen-bond acceptors (Lipinski definition) is 3. The molecule has 0 aliphatic carbocycles. The van der Waals surface area contributed by atoms with Crippen LogP contribution in [0.3, 0.4) is 0 Å². The number of rotatable bonds is 2. The third kappa shape index (κ3) is 8.10. The zero-order chi connectivity index (χ0) is 9.78. The van der Waals surface area contributed by atoms with E-state index < -0.39 is 11.8 Å². The molecule has 0 bridgehead atoms. The predicted octanol–water partition coefficient (Wildman–Crippen LogP) is 2.76. The molecule has 0 saturated carbocycles. The first-order valence-electron chi connectivity index (χ1n) is 3.81. The molecule has 0 radical (unpaired) electrons. The number of ether oxygens (including phenoxy) is 2. The van der Waals surface area contributed by atoms with Crippen LogP contribution < -0.4 is 0 Å². The molecule has 12 heavy (non-hydrogen) atoms. The topological polar surface area (TPSA) is 35.5 Å². The highest BCUT2D eigenvalue weighted by molar-refractivity contribution is 14.1. The van der Waals surface area contributed by atoms with Crippen molar-refractivity contribution in [2.75, 3.05) is 6.61 Å². The zero-order valence-electron chi connectivity index (χ0n) is 7.89. The van der Waals surface area contributed by atoms with Crippen LogP contribution in [0.15, 0.2) is 0 Å². The van der Waals surface area contributed by atoms with Gasteiger partial charge in [0.2, 0.25) is 0 Å². The normalized spacial score (nSPS) is 13.8. The number of halogens is 1. The van der Waals surface area contributed by atoms with Crippen molar-refractivity contribution in [2.24, 2.45) is 0 Å². The second-order valence-electron chi connectivity index (χ2n) is 3.56. The first-order chi connectivity index (χ1) is 5.31. The van der Waals surface area contributed by atoms with Crippen LogP contribution >= 0.6 is 22.6 Å². The van der Waals surface area contributed by atoms with Crippen molar-refractivity contribution >= 4 is 28.7 Å². The highest BCUT2D eigenvalue weighted by Crippen LogP contribution is 2.09. The second-order valence-corrected chi connectivity index (χ2v) is 5.68. The summed E-state index contributed by atoms with van der Waals surface area (Å²) in [6.45, 7) is 7.78. The van der Waals surface area contributed by atoms with Crippen molar-refractivity contribution in [3.05, 3.63) is 0 Å². The average Bonchev–Trinajstić information content (AvgIpc) is 1.79. The quantitative estimate of drug-likeness (QED) is 0.445. The summed E-state index contributed by atoms with van der Waals surface area (Å²) in [5, 5.41) is 0. The Bertz CT molecular complexity index is 149. The fourth-order valence-electron chi connectivity index (χ4n) is 0.462. The Kier molecular flexibility index (Phi) is 4.89. The maximum atomic E-state index is 10.9. The van der Waals surface area contributed by atoms with Crippen molar-refractivity contribution < 1.29 is 14.3 Å². The average molecular weight is 286 g/mol.